The number of unbranched alkanes of at least 4 members (excludes halogenated alkanes) is 2. The van der Waals surface area contributed by atoms with E-state index in [-0.39, 0.29) is 17.8 Å². The van der Waals surface area contributed by atoms with Gasteiger partial charge in [0, 0.05) is 30.2 Å². The SMILES string of the molecule is CCCCCNC(=O)Nc1ccc2cc(C(=O)Nc3ccc(C#N)cc3-c3nn[nH]n3)n(C)c2c1. The Balaban J connectivity index is 1.54. The van der Waals surface area contributed by atoms with Crippen LogP contribution >= 0.6 is 0 Å². The number of urea groups is 1. The van der Waals surface area contributed by atoms with Gasteiger partial charge in [-0.05, 0) is 48.0 Å². The molecule has 0 radical (unpaired) electrons. The maximum atomic E-state index is 13.2. The minimum Gasteiger partial charge on any atom is -0.340 e. The van der Waals surface area contributed by atoms with E-state index >= 15 is 0 Å². The highest BCUT2D eigenvalue weighted by Crippen LogP contribution is 2.28. The van der Waals surface area contributed by atoms with Crippen LogP contribution < -0.4 is 16.0 Å². The molecule has 3 amide bonds. The number of fused-ring (bicyclic) bond motifs is 1. The van der Waals surface area contributed by atoms with E-state index < -0.39 is 0 Å². The Morgan fingerprint density at radius 3 is 2.71 bits per heavy atom. The van der Waals surface area contributed by atoms with Crippen LogP contribution in [0.2, 0.25) is 0 Å². The molecule has 0 bridgehead atoms. The lowest BCUT2D eigenvalue weighted by Gasteiger charge is -2.10. The highest BCUT2D eigenvalue weighted by molar-refractivity contribution is 6.08. The summed E-state index contributed by atoms with van der Waals surface area (Å²) in [5.41, 5.74) is 3.16. The second kappa shape index (κ2) is 10.5. The predicted molar refractivity (Wildman–Crippen MR) is 132 cm³/mol. The lowest BCUT2D eigenvalue weighted by atomic mass is 10.1. The first-order valence-corrected chi connectivity index (χ1v) is 11.2. The number of nitrogens with one attached hydrogen (secondary N) is 4. The molecule has 0 unspecified atom stereocenters. The number of carbonyl (C=O) groups excluding carboxylic acids is 2. The van der Waals surface area contributed by atoms with Crippen molar-refractivity contribution in [1.82, 2.24) is 30.5 Å². The van der Waals surface area contributed by atoms with Crippen molar-refractivity contribution in [3.63, 3.8) is 0 Å². The third-order valence-electron chi connectivity index (χ3n) is 5.58. The van der Waals surface area contributed by atoms with Crippen LogP contribution in [0.15, 0.2) is 42.5 Å². The molecule has 0 aliphatic carbocycles. The Bertz CT molecular complexity index is 1400. The van der Waals surface area contributed by atoms with Gasteiger partial charge in [0.15, 0.2) is 0 Å². The van der Waals surface area contributed by atoms with Gasteiger partial charge in [0.05, 0.1) is 22.8 Å². The average Bonchev–Trinajstić information content (AvgIpc) is 3.51. The van der Waals surface area contributed by atoms with Crippen molar-refractivity contribution in [3.05, 3.63) is 53.7 Å². The first-order chi connectivity index (χ1) is 17.0. The van der Waals surface area contributed by atoms with Gasteiger partial charge in [0.25, 0.3) is 5.91 Å². The summed E-state index contributed by atoms with van der Waals surface area (Å²) in [6, 6.07) is 13.9. The van der Waals surface area contributed by atoms with E-state index in [4.69, 9.17) is 0 Å². The first-order valence-electron chi connectivity index (χ1n) is 11.2. The zero-order chi connectivity index (χ0) is 24.8. The van der Waals surface area contributed by atoms with Crippen LogP contribution in [0.25, 0.3) is 22.3 Å². The number of tetrazole rings is 1. The van der Waals surface area contributed by atoms with Crippen molar-refractivity contribution in [3.8, 4) is 17.5 Å². The van der Waals surface area contributed by atoms with Crippen molar-refractivity contribution < 1.29 is 9.59 Å². The molecule has 2 heterocycles. The van der Waals surface area contributed by atoms with Gasteiger partial charge < -0.3 is 20.5 Å². The normalized spacial score (nSPS) is 10.7. The molecule has 0 saturated heterocycles. The molecule has 4 aromatic rings. The summed E-state index contributed by atoms with van der Waals surface area (Å²) >= 11 is 0. The molecule has 0 saturated carbocycles. The number of aromatic amines is 1. The molecular weight excluding hydrogens is 446 g/mol. The predicted octanol–water partition coefficient (Wildman–Crippen LogP) is 3.79. The third-order valence-corrected chi connectivity index (χ3v) is 5.58. The summed E-state index contributed by atoms with van der Waals surface area (Å²) < 4.78 is 1.76. The van der Waals surface area contributed by atoms with Crippen molar-refractivity contribution >= 4 is 34.2 Å². The fourth-order valence-corrected chi connectivity index (χ4v) is 3.75. The van der Waals surface area contributed by atoms with Gasteiger partial charge in [-0.15, -0.1) is 10.2 Å². The van der Waals surface area contributed by atoms with E-state index in [0.717, 1.165) is 30.2 Å². The third kappa shape index (κ3) is 5.27. The average molecular weight is 472 g/mol. The molecule has 4 N–H and O–H groups in total. The van der Waals surface area contributed by atoms with Gasteiger partial charge in [-0.25, -0.2) is 4.79 Å². The number of aromatic nitrogens is 5. The molecule has 11 heteroatoms. The van der Waals surface area contributed by atoms with Crippen molar-refractivity contribution in [2.45, 2.75) is 26.2 Å². The van der Waals surface area contributed by atoms with Gasteiger partial charge in [-0.1, -0.05) is 25.8 Å². The molecule has 178 valence electrons. The molecule has 0 atom stereocenters. The molecule has 0 aliphatic heterocycles. The van der Waals surface area contributed by atoms with Crippen LogP contribution in [0.3, 0.4) is 0 Å². The van der Waals surface area contributed by atoms with E-state index in [2.05, 4.69) is 49.6 Å². The number of H-pyrrole nitrogens is 1. The van der Waals surface area contributed by atoms with Gasteiger partial charge in [-0.3, -0.25) is 4.79 Å². The molecule has 2 aromatic carbocycles. The second-order valence-electron chi connectivity index (χ2n) is 8.01. The van der Waals surface area contributed by atoms with Crippen LogP contribution in [-0.2, 0) is 7.05 Å². The number of aryl methyl sites for hydroxylation is 1. The van der Waals surface area contributed by atoms with Gasteiger partial charge in [-0.2, -0.15) is 10.5 Å². The first kappa shape index (κ1) is 23.4. The van der Waals surface area contributed by atoms with E-state index in [1.807, 2.05) is 12.1 Å². The lowest BCUT2D eigenvalue weighted by molar-refractivity contribution is 0.101. The van der Waals surface area contributed by atoms with E-state index in [9.17, 15) is 14.9 Å². The molecule has 11 nitrogen and oxygen atoms in total. The van der Waals surface area contributed by atoms with Crippen LogP contribution in [0.1, 0.15) is 42.2 Å². The molecule has 2 aromatic heterocycles. The molecule has 35 heavy (non-hydrogen) atoms. The van der Waals surface area contributed by atoms with Gasteiger partial charge >= 0.3 is 6.03 Å². The van der Waals surface area contributed by atoms with Crippen LogP contribution in [-0.4, -0.2) is 43.7 Å². The topological polar surface area (TPSA) is 153 Å². The lowest BCUT2D eigenvalue weighted by Crippen LogP contribution is -2.29. The minimum absolute atomic E-state index is 0.262. The standard InChI is InChI=1S/C24H25N9O2/c1-3-4-5-10-26-24(35)27-17-8-7-16-12-21(33(2)20(16)13-17)23(34)28-19-9-6-15(14-25)11-18(19)22-29-31-32-30-22/h6-9,11-13H,3-5,10H2,1-2H3,(H,28,34)(H2,26,27,35)(H,29,30,31,32). The van der Waals surface area contributed by atoms with Crippen molar-refractivity contribution in [2.75, 3.05) is 17.2 Å². The summed E-state index contributed by atoms with van der Waals surface area (Å²) in [7, 11) is 1.78. The Kier molecular flexibility index (Phi) is 7.02. The summed E-state index contributed by atoms with van der Waals surface area (Å²) in [5.74, 6) is -0.0838. The second-order valence-corrected chi connectivity index (χ2v) is 8.01. The Morgan fingerprint density at radius 1 is 1.11 bits per heavy atom. The van der Waals surface area contributed by atoms with Crippen LogP contribution in [0, 0.1) is 11.3 Å². The van der Waals surface area contributed by atoms with Gasteiger partial charge in [0.1, 0.15) is 5.69 Å². The highest BCUT2D eigenvalue weighted by Gasteiger charge is 2.18. The van der Waals surface area contributed by atoms with E-state index in [1.54, 1.807) is 41.9 Å². The van der Waals surface area contributed by atoms with Gasteiger partial charge in [0.2, 0.25) is 5.82 Å². The molecular formula is C24H25N9O2. The fourth-order valence-electron chi connectivity index (χ4n) is 3.75. The van der Waals surface area contributed by atoms with E-state index in [1.165, 1.54) is 0 Å². The number of carbonyl (C=O) groups is 2. The Labute approximate surface area is 201 Å². The molecule has 0 aliphatic rings. The fraction of sp³-hybridized carbons (Fsp3) is 0.250. The Hall–Kier alpha value is -4.72. The van der Waals surface area contributed by atoms with Crippen LogP contribution in [0.4, 0.5) is 16.2 Å². The number of benzene rings is 2. The molecule has 4 rings (SSSR count). The van der Waals surface area contributed by atoms with E-state index in [0.29, 0.717) is 34.7 Å². The summed E-state index contributed by atoms with van der Waals surface area (Å²) in [5, 5.41) is 32.5. The monoisotopic (exact) mass is 471 g/mol. The molecule has 0 spiro atoms. The van der Waals surface area contributed by atoms with Crippen molar-refractivity contribution in [2.24, 2.45) is 7.05 Å². The maximum absolute atomic E-state index is 13.2. The number of hydrogen-bond donors (Lipinski definition) is 4. The number of nitrogens with zero attached hydrogens (tertiary/aromatic N) is 5. The highest BCUT2D eigenvalue weighted by atomic mass is 16.2. The smallest absolute Gasteiger partial charge is 0.319 e. The van der Waals surface area contributed by atoms with Crippen molar-refractivity contribution in [1.29, 1.82) is 5.26 Å². The largest absolute Gasteiger partial charge is 0.340 e. The molecule has 0 fully saturated rings. The summed E-state index contributed by atoms with van der Waals surface area (Å²) in [6.45, 7) is 2.73. The minimum atomic E-state index is -0.346. The maximum Gasteiger partial charge on any atom is 0.319 e. The quantitative estimate of drug-likeness (QED) is 0.287. The zero-order valence-electron chi connectivity index (χ0n) is 19.4. The zero-order valence-corrected chi connectivity index (χ0v) is 19.4. The number of amides is 3. The number of nitriles is 1. The Morgan fingerprint density at radius 2 is 1.97 bits per heavy atom. The number of rotatable bonds is 8. The number of hydrogen-bond acceptors (Lipinski definition) is 6. The number of anilines is 2. The van der Waals surface area contributed by atoms with Crippen LogP contribution in [0.5, 0.6) is 0 Å². The summed E-state index contributed by atoms with van der Waals surface area (Å²) in [4.78, 5) is 25.3. The summed E-state index contributed by atoms with van der Waals surface area (Å²) in [6.07, 6.45) is 3.10.